The Labute approximate surface area is 66.2 Å². The van der Waals surface area contributed by atoms with Crippen molar-refractivity contribution in [3.63, 3.8) is 0 Å². The molecule has 66 valence electrons. The lowest BCUT2D eigenvalue weighted by atomic mass is 10.0. The van der Waals surface area contributed by atoms with E-state index in [1.165, 1.54) is 0 Å². The molecular weight excluding hydrogens is 146 g/mol. The zero-order valence-electron chi connectivity index (χ0n) is 6.82. The van der Waals surface area contributed by atoms with E-state index in [-0.39, 0.29) is 12.1 Å². The van der Waals surface area contributed by atoms with Gasteiger partial charge in [-0.25, -0.2) is 0 Å². The third kappa shape index (κ3) is 1.90. The summed E-state index contributed by atoms with van der Waals surface area (Å²) in [5, 5.41) is 21.5. The van der Waals surface area contributed by atoms with E-state index in [0.717, 1.165) is 0 Å². The molecule has 0 radical (unpaired) electrons. The van der Waals surface area contributed by atoms with Crippen molar-refractivity contribution in [1.29, 1.82) is 0 Å². The molecule has 1 fully saturated rings. The van der Waals surface area contributed by atoms with E-state index in [4.69, 9.17) is 9.84 Å². The Bertz CT molecular complexity index is 131. The van der Waals surface area contributed by atoms with Crippen LogP contribution < -0.4 is 5.32 Å². The molecule has 0 aromatic rings. The third-order valence-electron chi connectivity index (χ3n) is 2.09. The highest BCUT2D eigenvalue weighted by Crippen LogP contribution is 2.17. The molecule has 0 saturated carbocycles. The molecule has 2 unspecified atom stereocenters. The summed E-state index contributed by atoms with van der Waals surface area (Å²) in [7, 11) is 1.76. The molecule has 1 aliphatic heterocycles. The Morgan fingerprint density at radius 1 is 1.45 bits per heavy atom. The molecule has 4 heteroatoms. The topological polar surface area (TPSA) is 61.7 Å². The van der Waals surface area contributed by atoms with Gasteiger partial charge in [0.05, 0.1) is 12.2 Å². The molecule has 0 bridgehead atoms. The standard InChI is InChI=1S/C7H15NO3/c1-4-7(10)5(8-2)3-6(9)11-4/h4-10H,3H2,1-2H3/t4?,5?,6-,7-/m1/s1. The van der Waals surface area contributed by atoms with Crippen molar-refractivity contribution < 1.29 is 14.9 Å². The fourth-order valence-corrected chi connectivity index (χ4v) is 1.36. The van der Waals surface area contributed by atoms with Gasteiger partial charge in [-0.15, -0.1) is 0 Å². The van der Waals surface area contributed by atoms with Gasteiger partial charge in [0.2, 0.25) is 0 Å². The highest BCUT2D eigenvalue weighted by molar-refractivity contribution is 4.84. The molecular formula is C7H15NO3. The van der Waals surface area contributed by atoms with Crippen molar-refractivity contribution in [3.05, 3.63) is 0 Å². The Morgan fingerprint density at radius 2 is 2.09 bits per heavy atom. The van der Waals surface area contributed by atoms with E-state index >= 15 is 0 Å². The van der Waals surface area contributed by atoms with Crippen molar-refractivity contribution in [2.24, 2.45) is 0 Å². The Kier molecular flexibility index (Phi) is 2.84. The molecule has 4 nitrogen and oxygen atoms in total. The zero-order valence-corrected chi connectivity index (χ0v) is 6.82. The molecule has 1 aliphatic rings. The van der Waals surface area contributed by atoms with E-state index in [9.17, 15) is 5.11 Å². The van der Waals surface area contributed by atoms with Gasteiger partial charge in [-0.2, -0.15) is 0 Å². The maximum absolute atomic E-state index is 9.46. The molecule has 3 N–H and O–H groups in total. The van der Waals surface area contributed by atoms with E-state index in [1.807, 2.05) is 0 Å². The first-order valence-electron chi connectivity index (χ1n) is 3.84. The summed E-state index contributed by atoms with van der Waals surface area (Å²) in [6.07, 6.45) is -1.12. The first kappa shape index (κ1) is 8.93. The molecule has 0 aliphatic carbocycles. The number of rotatable bonds is 1. The molecule has 0 aromatic heterocycles. The van der Waals surface area contributed by atoms with Crippen LogP contribution in [-0.4, -0.2) is 41.8 Å². The van der Waals surface area contributed by atoms with Crippen LogP contribution in [0.3, 0.4) is 0 Å². The van der Waals surface area contributed by atoms with Gasteiger partial charge in [0.25, 0.3) is 0 Å². The predicted molar refractivity (Wildman–Crippen MR) is 40.0 cm³/mol. The van der Waals surface area contributed by atoms with Crippen molar-refractivity contribution in [2.45, 2.75) is 37.9 Å². The quantitative estimate of drug-likeness (QED) is 0.464. The Hall–Kier alpha value is -0.160. The summed E-state index contributed by atoms with van der Waals surface area (Å²) in [5.41, 5.74) is 0. The number of aliphatic hydroxyl groups excluding tert-OH is 2. The fraction of sp³-hybridized carbons (Fsp3) is 1.00. The van der Waals surface area contributed by atoms with Crippen LogP contribution in [0.5, 0.6) is 0 Å². The predicted octanol–water partition coefficient (Wildman–Crippen LogP) is -0.938. The fourth-order valence-electron chi connectivity index (χ4n) is 1.36. The number of ether oxygens (including phenoxy) is 1. The summed E-state index contributed by atoms with van der Waals surface area (Å²) in [5.74, 6) is 0. The lowest BCUT2D eigenvalue weighted by molar-refractivity contribution is -0.201. The second-order valence-corrected chi connectivity index (χ2v) is 2.92. The number of hydrogen-bond acceptors (Lipinski definition) is 4. The van der Waals surface area contributed by atoms with E-state index in [0.29, 0.717) is 6.42 Å². The normalized spacial score (nSPS) is 45.8. The van der Waals surface area contributed by atoms with Crippen LogP contribution in [-0.2, 0) is 4.74 Å². The summed E-state index contributed by atoms with van der Waals surface area (Å²) in [6, 6.07) is -0.0613. The lowest BCUT2D eigenvalue weighted by Crippen LogP contribution is -2.52. The summed E-state index contributed by atoms with van der Waals surface area (Å²) >= 11 is 0. The first-order valence-corrected chi connectivity index (χ1v) is 3.84. The minimum absolute atomic E-state index is 0.0613. The van der Waals surface area contributed by atoms with Crippen LogP contribution in [0.2, 0.25) is 0 Å². The summed E-state index contributed by atoms with van der Waals surface area (Å²) < 4.78 is 5.00. The number of aliphatic hydroxyl groups is 2. The van der Waals surface area contributed by atoms with Gasteiger partial charge in [-0.1, -0.05) is 0 Å². The van der Waals surface area contributed by atoms with E-state index < -0.39 is 12.4 Å². The average Bonchev–Trinajstić information content (AvgIpc) is 1.96. The SMILES string of the molecule is CNC1C[C@H](O)OC(C)[C@H]1O. The van der Waals surface area contributed by atoms with Gasteiger partial charge >= 0.3 is 0 Å². The van der Waals surface area contributed by atoms with Crippen LogP contribution in [0.1, 0.15) is 13.3 Å². The molecule has 0 amide bonds. The van der Waals surface area contributed by atoms with Crippen LogP contribution in [0.4, 0.5) is 0 Å². The van der Waals surface area contributed by atoms with Crippen molar-refractivity contribution >= 4 is 0 Å². The smallest absolute Gasteiger partial charge is 0.156 e. The van der Waals surface area contributed by atoms with Crippen molar-refractivity contribution in [2.75, 3.05) is 7.05 Å². The van der Waals surface area contributed by atoms with Crippen LogP contribution in [0.25, 0.3) is 0 Å². The highest BCUT2D eigenvalue weighted by atomic mass is 16.6. The number of likely N-dealkylation sites (N-methyl/N-ethyl adjacent to an activating group) is 1. The molecule has 1 saturated heterocycles. The minimum Gasteiger partial charge on any atom is -0.389 e. The van der Waals surface area contributed by atoms with Gasteiger partial charge in [-0.05, 0) is 14.0 Å². The Balaban J connectivity index is 2.51. The van der Waals surface area contributed by atoms with Crippen molar-refractivity contribution in [3.8, 4) is 0 Å². The van der Waals surface area contributed by atoms with Gasteiger partial charge in [-0.3, -0.25) is 0 Å². The first-order chi connectivity index (χ1) is 5.15. The molecule has 4 atom stereocenters. The molecule has 1 heterocycles. The lowest BCUT2D eigenvalue weighted by Gasteiger charge is -2.35. The average molecular weight is 161 g/mol. The maximum Gasteiger partial charge on any atom is 0.156 e. The third-order valence-corrected chi connectivity index (χ3v) is 2.09. The van der Waals surface area contributed by atoms with Crippen LogP contribution in [0.15, 0.2) is 0 Å². The summed E-state index contributed by atoms with van der Waals surface area (Å²) in [6.45, 7) is 1.75. The maximum atomic E-state index is 9.46. The zero-order chi connectivity index (χ0) is 8.43. The second-order valence-electron chi connectivity index (χ2n) is 2.92. The molecule has 1 rings (SSSR count). The molecule has 11 heavy (non-hydrogen) atoms. The monoisotopic (exact) mass is 161 g/mol. The highest BCUT2D eigenvalue weighted by Gasteiger charge is 2.33. The minimum atomic E-state index is -0.745. The van der Waals surface area contributed by atoms with Gasteiger partial charge < -0.3 is 20.3 Å². The Morgan fingerprint density at radius 3 is 2.64 bits per heavy atom. The second kappa shape index (κ2) is 3.49. The van der Waals surface area contributed by atoms with Gasteiger partial charge in [0.15, 0.2) is 6.29 Å². The van der Waals surface area contributed by atoms with Crippen LogP contribution >= 0.6 is 0 Å². The van der Waals surface area contributed by atoms with E-state index in [1.54, 1.807) is 14.0 Å². The van der Waals surface area contributed by atoms with E-state index in [2.05, 4.69) is 5.32 Å². The summed E-state index contributed by atoms with van der Waals surface area (Å²) in [4.78, 5) is 0. The van der Waals surface area contributed by atoms with Crippen molar-refractivity contribution in [1.82, 2.24) is 5.32 Å². The van der Waals surface area contributed by atoms with Crippen LogP contribution in [0, 0.1) is 0 Å². The van der Waals surface area contributed by atoms with Gasteiger partial charge in [0, 0.05) is 12.5 Å². The number of nitrogens with one attached hydrogen (secondary N) is 1. The number of hydrogen-bond donors (Lipinski definition) is 3. The molecule has 0 aromatic carbocycles. The molecule has 0 spiro atoms. The van der Waals surface area contributed by atoms with Gasteiger partial charge in [0.1, 0.15) is 0 Å². The largest absolute Gasteiger partial charge is 0.389 e.